The first-order chi connectivity index (χ1) is 9.34. The molecule has 1 aromatic rings. The Labute approximate surface area is 118 Å². The number of nitrogens with one attached hydrogen (secondary N) is 2. The number of halogens is 1. The van der Waals surface area contributed by atoms with E-state index in [2.05, 4.69) is 10.6 Å². The summed E-state index contributed by atoms with van der Waals surface area (Å²) in [5, 5.41) is 7.52. The van der Waals surface area contributed by atoms with Crippen molar-refractivity contribution in [3.8, 4) is 5.75 Å². The van der Waals surface area contributed by atoms with Gasteiger partial charge in [-0.05, 0) is 30.5 Å². The molecule has 0 aromatic heterocycles. The summed E-state index contributed by atoms with van der Waals surface area (Å²) in [5.41, 5.74) is 2.23. The van der Waals surface area contributed by atoms with Crippen LogP contribution < -0.4 is 15.4 Å². The standard InChI is InChI=1S/C14H19ClN2O2/c15-12-3-4-13(14-11(12)2-1-5-17-14)19-9-10-8-16-6-7-18-10/h3-4,10,16-17H,1-2,5-9H2/t10-/m0/s1. The third-order valence-corrected chi connectivity index (χ3v) is 3.91. The van der Waals surface area contributed by atoms with E-state index in [1.54, 1.807) is 0 Å². The van der Waals surface area contributed by atoms with Crippen LogP contribution in [0.25, 0.3) is 0 Å². The fourth-order valence-corrected chi connectivity index (χ4v) is 2.80. The minimum absolute atomic E-state index is 0.128. The number of benzene rings is 1. The van der Waals surface area contributed by atoms with Crippen molar-refractivity contribution in [2.24, 2.45) is 0 Å². The van der Waals surface area contributed by atoms with E-state index in [0.29, 0.717) is 6.61 Å². The van der Waals surface area contributed by atoms with Gasteiger partial charge in [-0.3, -0.25) is 0 Å². The highest BCUT2D eigenvalue weighted by molar-refractivity contribution is 6.31. The van der Waals surface area contributed by atoms with Crippen molar-refractivity contribution in [2.45, 2.75) is 18.9 Å². The zero-order valence-corrected chi connectivity index (χ0v) is 11.6. The molecule has 1 atom stereocenters. The Morgan fingerprint density at radius 3 is 3.16 bits per heavy atom. The second-order valence-corrected chi connectivity index (χ2v) is 5.34. The number of ether oxygens (including phenoxy) is 2. The normalized spacial score (nSPS) is 22.5. The van der Waals surface area contributed by atoms with E-state index in [1.165, 1.54) is 5.56 Å². The van der Waals surface area contributed by atoms with Gasteiger partial charge in [0.25, 0.3) is 0 Å². The smallest absolute Gasteiger partial charge is 0.142 e. The van der Waals surface area contributed by atoms with Gasteiger partial charge >= 0.3 is 0 Å². The Morgan fingerprint density at radius 1 is 1.37 bits per heavy atom. The number of anilines is 1. The molecule has 0 spiro atoms. The van der Waals surface area contributed by atoms with Gasteiger partial charge in [-0.15, -0.1) is 0 Å². The van der Waals surface area contributed by atoms with Crippen molar-refractivity contribution in [1.82, 2.24) is 5.32 Å². The van der Waals surface area contributed by atoms with Crippen molar-refractivity contribution < 1.29 is 9.47 Å². The van der Waals surface area contributed by atoms with E-state index in [9.17, 15) is 0 Å². The lowest BCUT2D eigenvalue weighted by molar-refractivity contribution is 0.000322. The quantitative estimate of drug-likeness (QED) is 0.891. The lowest BCUT2D eigenvalue weighted by Crippen LogP contribution is -2.41. The predicted octanol–water partition coefficient (Wildman–Crippen LogP) is 2.07. The number of hydrogen-bond acceptors (Lipinski definition) is 4. The van der Waals surface area contributed by atoms with Gasteiger partial charge in [-0.25, -0.2) is 0 Å². The van der Waals surface area contributed by atoms with Crippen LogP contribution >= 0.6 is 11.6 Å². The Kier molecular flexibility index (Phi) is 4.11. The molecule has 0 unspecified atom stereocenters. The molecule has 19 heavy (non-hydrogen) atoms. The summed E-state index contributed by atoms with van der Waals surface area (Å²) in [5.74, 6) is 0.883. The molecule has 0 bridgehead atoms. The van der Waals surface area contributed by atoms with Gasteiger partial charge in [0.05, 0.1) is 12.3 Å². The van der Waals surface area contributed by atoms with Crippen molar-refractivity contribution in [3.05, 3.63) is 22.7 Å². The Bertz CT molecular complexity index is 447. The van der Waals surface area contributed by atoms with Crippen LogP contribution in [0.5, 0.6) is 5.75 Å². The van der Waals surface area contributed by atoms with Gasteiger partial charge in [-0.2, -0.15) is 0 Å². The van der Waals surface area contributed by atoms with Gasteiger partial charge in [0.15, 0.2) is 0 Å². The average Bonchev–Trinajstić information content (AvgIpc) is 2.48. The molecule has 4 nitrogen and oxygen atoms in total. The van der Waals surface area contributed by atoms with Crippen molar-refractivity contribution >= 4 is 17.3 Å². The Morgan fingerprint density at radius 2 is 2.32 bits per heavy atom. The van der Waals surface area contributed by atoms with Crippen molar-refractivity contribution in [1.29, 1.82) is 0 Å². The minimum atomic E-state index is 0.128. The third kappa shape index (κ3) is 2.96. The van der Waals surface area contributed by atoms with Crippen molar-refractivity contribution in [3.63, 3.8) is 0 Å². The highest BCUT2D eigenvalue weighted by Crippen LogP contribution is 2.37. The summed E-state index contributed by atoms with van der Waals surface area (Å²) >= 11 is 6.23. The maximum atomic E-state index is 6.23. The number of hydrogen-bond donors (Lipinski definition) is 2. The molecule has 1 saturated heterocycles. The third-order valence-electron chi connectivity index (χ3n) is 3.55. The summed E-state index contributed by atoms with van der Waals surface area (Å²) in [6, 6.07) is 3.86. The van der Waals surface area contributed by atoms with E-state index in [0.717, 1.165) is 55.5 Å². The van der Waals surface area contributed by atoms with Crippen molar-refractivity contribution in [2.75, 3.05) is 38.2 Å². The molecular weight excluding hydrogens is 264 g/mol. The molecule has 0 radical (unpaired) electrons. The maximum Gasteiger partial charge on any atom is 0.142 e. The molecule has 2 N–H and O–H groups in total. The Hall–Kier alpha value is -0.970. The first kappa shape index (κ1) is 13.0. The molecule has 3 rings (SSSR count). The van der Waals surface area contributed by atoms with Crippen LogP contribution in [0.4, 0.5) is 5.69 Å². The monoisotopic (exact) mass is 282 g/mol. The van der Waals surface area contributed by atoms with Crippen LogP contribution in [0.1, 0.15) is 12.0 Å². The molecule has 5 heteroatoms. The molecule has 2 aliphatic heterocycles. The highest BCUT2D eigenvalue weighted by atomic mass is 35.5. The number of rotatable bonds is 3. The molecule has 0 saturated carbocycles. The van der Waals surface area contributed by atoms with E-state index in [-0.39, 0.29) is 6.10 Å². The van der Waals surface area contributed by atoms with Gasteiger partial charge in [0.1, 0.15) is 18.5 Å². The van der Waals surface area contributed by atoms with Crippen LogP contribution in [0.3, 0.4) is 0 Å². The zero-order chi connectivity index (χ0) is 13.1. The lowest BCUT2D eigenvalue weighted by atomic mass is 10.0. The minimum Gasteiger partial charge on any atom is -0.489 e. The van der Waals surface area contributed by atoms with Gasteiger partial charge < -0.3 is 20.1 Å². The molecule has 2 heterocycles. The topological polar surface area (TPSA) is 42.5 Å². The van der Waals surface area contributed by atoms with Gasteiger partial charge in [0, 0.05) is 24.7 Å². The summed E-state index contributed by atoms with van der Waals surface area (Å²) in [6.45, 7) is 4.08. The van der Waals surface area contributed by atoms with E-state index in [4.69, 9.17) is 21.1 Å². The molecular formula is C14H19ClN2O2. The van der Waals surface area contributed by atoms with Crippen LogP contribution in [0.15, 0.2) is 12.1 Å². The van der Waals surface area contributed by atoms with E-state index in [1.807, 2.05) is 12.1 Å². The number of fused-ring (bicyclic) bond motifs is 1. The lowest BCUT2D eigenvalue weighted by Gasteiger charge is -2.26. The summed E-state index contributed by atoms with van der Waals surface area (Å²) in [7, 11) is 0. The predicted molar refractivity (Wildman–Crippen MR) is 76.4 cm³/mol. The molecule has 0 amide bonds. The summed E-state index contributed by atoms with van der Waals surface area (Å²) in [4.78, 5) is 0. The first-order valence-corrected chi connectivity index (χ1v) is 7.23. The largest absolute Gasteiger partial charge is 0.489 e. The molecule has 1 aromatic carbocycles. The van der Waals surface area contributed by atoms with Crippen LogP contribution in [-0.2, 0) is 11.2 Å². The van der Waals surface area contributed by atoms with E-state index >= 15 is 0 Å². The van der Waals surface area contributed by atoms with E-state index < -0.39 is 0 Å². The fourth-order valence-electron chi connectivity index (χ4n) is 2.55. The van der Waals surface area contributed by atoms with Crippen LogP contribution in [0.2, 0.25) is 5.02 Å². The summed E-state index contributed by atoms with van der Waals surface area (Å²) < 4.78 is 11.5. The second kappa shape index (κ2) is 5.99. The summed E-state index contributed by atoms with van der Waals surface area (Å²) in [6.07, 6.45) is 2.26. The number of morpholine rings is 1. The fraction of sp³-hybridized carbons (Fsp3) is 0.571. The van der Waals surface area contributed by atoms with Gasteiger partial charge in [-0.1, -0.05) is 11.6 Å². The van der Waals surface area contributed by atoms with Crippen LogP contribution in [0, 0.1) is 0 Å². The molecule has 0 aliphatic carbocycles. The average molecular weight is 283 g/mol. The second-order valence-electron chi connectivity index (χ2n) is 4.94. The molecule has 104 valence electrons. The van der Waals surface area contributed by atoms with Gasteiger partial charge in [0.2, 0.25) is 0 Å². The SMILES string of the molecule is Clc1ccc(OC[C@@H]2CNCCO2)c2c1CCCN2. The highest BCUT2D eigenvalue weighted by Gasteiger charge is 2.19. The Balaban J connectivity index is 1.70. The molecule has 1 fully saturated rings. The van der Waals surface area contributed by atoms with Crippen LogP contribution in [-0.4, -0.2) is 39.0 Å². The first-order valence-electron chi connectivity index (χ1n) is 6.85. The maximum absolute atomic E-state index is 6.23. The molecule has 2 aliphatic rings. The zero-order valence-electron chi connectivity index (χ0n) is 10.9.